The largest absolute Gasteiger partial charge is 0.455 e. The molecule has 22 nitrogen and oxygen atoms in total. The fraction of sp³-hybridized carbons (Fsp3) is 0.623. The molecule has 0 spiro atoms. The Morgan fingerprint density at radius 2 is 1.51 bits per heavy atom. The molecule has 2 bridgehead atoms. The first-order valence-corrected chi connectivity index (χ1v) is 29.4. The standard InChI is InChI=1S/C61H83N3O19S/c1-34(2)48(69)39(26-20-21-27-62-43(66)30-75-11)63-44(67)31-84-32-45(68)80-50(47(37-22-16-14-17-23-37)64-56(73)83-57(5,6)7)55(72)79-40-29-61(74)53(81-54(71)38-24-18-15-19-25-38)51-59(10,52(70)49(77-13)46(35(40)3)58(61,8)9)41(76-12)28-42-60(51,33-78-42)82-36(4)65/h14-19,22-25,34,39-42,47,49-51,53,74H,20-21,26-33H2,1-13H3,(H,62,66)(H,63,67)(H,64,73)/t39?,40-,41-,42?,47-,49+,50?,51?,53?,59+,60-,61+/m0/s1. The van der Waals surface area contributed by atoms with E-state index in [0.717, 1.165) is 11.8 Å². The molecule has 84 heavy (non-hydrogen) atoms. The molecule has 3 fully saturated rings. The Morgan fingerprint density at radius 3 is 2.08 bits per heavy atom. The van der Waals surface area contributed by atoms with E-state index in [-0.39, 0.29) is 65.8 Å². The number of carbonyl (C=O) groups is 9. The van der Waals surface area contributed by atoms with Crippen LogP contribution in [0.25, 0.3) is 0 Å². The number of amides is 3. The fourth-order valence-electron chi connectivity index (χ4n) is 12.4. The molecular weight excluding hydrogens is 1110 g/mol. The Balaban J connectivity index is 1.39. The van der Waals surface area contributed by atoms with Crippen molar-refractivity contribution in [1.82, 2.24) is 16.0 Å². The second-order valence-corrected chi connectivity index (χ2v) is 24.9. The number of ketones is 2. The number of thioether (sulfide) groups is 1. The van der Waals surface area contributed by atoms with Crippen molar-refractivity contribution < 1.29 is 90.9 Å². The maximum atomic E-state index is 15.9. The van der Waals surface area contributed by atoms with Crippen molar-refractivity contribution in [3.8, 4) is 0 Å². The summed E-state index contributed by atoms with van der Waals surface area (Å²) < 4.78 is 54.2. The van der Waals surface area contributed by atoms with Crippen LogP contribution in [0.15, 0.2) is 71.8 Å². The molecule has 12 atom stereocenters. The monoisotopic (exact) mass is 1190 g/mol. The van der Waals surface area contributed by atoms with Crippen molar-refractivity contribution in [3.63, 3.8) is 0 Å². The first-order chi connectivity index (χ1) is 39.5. The highest BCUT2D eigenvalue weighted by atomic mass is 32.2. The molecule has 2 aromatic rings. The van der Waals surface area contributed by atoms with E-state index in [1.54, 1.807) is 111 Å². The van der Waals surface area contributed by atoms with E-state index in [9.17, 15) is 38.7 Å². The number of hydrogen-bond donors (Lipinski definition) is 4. The van der Waals surface area contributed by atoms with Crippen molar-refractivity contribution in [3.05, 3.63) is 82.9 Å². The van der Waals surface area contributed by atoms with E-state index < -0.39 is 142 Å². The minimum Gasteiger partial charge on any atom is -0.455 e. The van der Waals surface area contributed by atoms with Gasteiger partial charge in [0.1, 0.15) is 48.3 Å². The summed E-state index contributed by atoms with van der Waals surface area (Å²) in [6, 6.07) is 13.7. The predicted molar refractivity (Wildman–Crippen MR) is 305 cm³/mol. The number of carbonyl (C=O) groups excluding carboxylic acids is 9. The average Bonchev–Trinajstić information content (AvgIpc) is 1.50. The molecular formula is C61H83N3O19S. The fourth-order valence-corrected chi connectivity index (χ4v) is 13.0. The van der Waals surface area contributed by atoms with Gasteiger partial charge in [0, 0.05) is 59.0 Å². The van der Waals surface area contributed by atoms with Crippen LogP contribution in [0, 0.1) is 22.7 Å². The summed E-state index contributed by atoms with van der Waals surface area (Å²) >= 11 is 0.832. The van der Waals surface area contributed by atoms with E-state index in [4.69, 9.17) is 42.6 Å². The Hall–Kier alpha value is -6.24. The summed E-state index contributed by atoms with van der Waals surface area (Å²) in [6.07, 6.45) is -8.85. The number of unbranched alkanes of at least 4 members (excludes halogenated alkanes) is 1. The Labute approximate surface area is 495 Å². The van der Waals surface area contributed by atoms with Crippen molar-refractivity contribution in [2.75, 3.05) is 52.6 Å². The van der Waals surface area contributed by atoms with Crippen LogP contribution in [0.4, 0.5) is 4.79 Å². The maximum Gasteiger partial charge on any atom is 0.408 e. The molecule has 23 heteroatoms. The van der Waals surface area contributed by atoms with E-state index in [1.807, 2.05) is 0 Å². The van der Waals surface area contributed by atoms with Gasteiger partial charge < -0.3 is 63.7 Å². The van der Waals surface area contributed by atoms with Crippen LogP contribution >= 0.6 is 11.8 Å². The molecule has 1 heterocycles. The minimum atomic E-state index is -2.36. The topological polar surface area (TPSA) is 293 Å². The number of alkyl carbamates (subject to hydrolysis) is 1. The first kappa shape index (κ1) is 66.9. The van der Waals surface area contributed by atoms with Crippen LogP contribution in [-0.2, 0) is 76.2 Å². The lowest BCUT2D eigenvalue weighted by molar-refractivity contribution is -0.347. The third-order valence-electron chi connectivity index (χ3n) is 16.5. The van der Waals surface area contributed by atoms with Crippen LogP contribution in [0.1, 0.15) is 123 Å². The van der Waals surface area contributed by atoms with E-state index in [2.05, 4.69) is 16.0 Å². The molecule has 3 amide bonds. The van der Waals surface area contributed by atoms with E-state index in [0.29, 0.717) is 19.4 Å². The van der Waals surface area contributed by atoms with Gasteiger partial charge in [0.2, 0.25) is 17.9 Å². The molecule has 2 saturated carbocycles. The summed E-state index contributed by atoms with van der Waals surface area (Å²) in [5, 5.41) is 22.3. The molecule has 1 saturated heterocycles. The summed E-state index contributed by atoms with van der Waals surface area (Å²) in [6.45, 7) is 16.0. The van der Waals surface area contributed by atoms with Gasteiger partial charge in [-0.05, 0) is 82.7 Å². The number of Topliss-reactive ketones (excluding diaryl/α,β-unsaturated/α-hetero) is 2. The van der Waals surface area contributed by atoms with Crippen molar-refractivity contribution in [2.24, 2.45) is 22.7 Å². The van der Waals surface area contributed by atoms with Gasteiger partial charge in [0.05, 0.1) is 47.2 Å². The second kappa shape index (κ2) is 27.9. The molecule has 3 aliphatic carbocycles. The number of nitrogens with one attached hydrogen (secondary N) is 3. The third-order valence-corrected chi connectivity index (χ3v) is 17.4. The quantitative estimate of drug-likeness (QED) is 0.0413. The summed E-state index contributed by atoms with van der Waals surface area (Å²) in [5.74, 6) is -8.18. The number of benzene rings is 2. The van der Waals surface area contributed by atoms with Gasteiger partial charge in [0.15, 0.2) is 17.2 Å². The molecule has 4 N–H and O–H groups in total. The lowest BCUT2D eigenvalue weighted by atomic mass is 9.44. The van der Waals surface area contributed by atoms with Crippen LogP contribution in [-0.4, -0.2) is 171 Å². The zero-order valence-corrected chi connectivity index (χ0v) is 51.1. The minimum absolute atomic E-state index is 0.0598. The van der Waals surface area contributed by atoms with Gasteiger partial charge >= 0.3 is 30.0 Å². The lowest BCUT2D eigenvalue weighted by Gasteiger charge is -2.67. The maximum absolute atomic E-state index is 15.9. The lowest BCUT2D eigenvalue weighted by Crippen LogP contribution is -2.82. The number of ether oxygens (including phenoxy) is 9. The smallest absolute Gasteiger partial charge is 0.408 e. The van der Waals surface area contributed by atoms with Crippen LogP contribution < -0.4 is 16.0 Å². The zero-order chi connectivity index (χ0) is 62.1. The number of fused-ring (bicyclic) bond motifs is 5. The summed E-state index contributed by atoms with van der Waals surface area (Å²) in [5.41, 5.74) is -7.66. The normalized spacial score (nSPS) is 27.1. The third kappa shape index (κ3) is 14.5. The van der Waals surface area contributed by atoms with Crippen molar-refractivity contribution in [2.45, 2.75) is 167 Å². The number of rotatable bonds is 25. The van der Waals surface area contributed by atoms with Crippen LogP contribution in [0.3, 0.4) is 0 Å². The number of hydrogen-bond acceptors (Lipinski definition) is 20. The van der Waals surface area contributed by atoms with E-state index >= 15 is 9.59 Å². The highest BCUT2D eigenvalue weighted by Gasteiger charge is 2.78. The number of aliphatic hydroxyl groups is 1. The Bertz CT molecular complexity index is 2770. The second-order valence-electron chi connectivity index (χ2n) is 23.9. The van der Waals surface area contributed by atoms with Crippen molar-refractivity contribution in [1.29, 1.82) is 0 Å². The molecule has 5 unspecified atom stereocenters. The van der Waals surface area contributed by atoms with Gasteiger partial charge in [-0.2, -0.15) is 0 Å². The molecule has 2 aromatic carbocycles. The Kier molecular flexibility index (Phi) is 22.2. The predicted octanol–water partition coefficient (Wildman–Crippen LogP) is 5.49. The average molecular weight is 1190 g/mol. The SMILES string of the molecule is COCC(=O)NCCCCC(NC(=O)CSCC(=O)OC(C(=O)O[C@H]1C[C@@]2(O)C(OC(=O)c3ccccc3)C3[C@]4(OC(C)=O)COC4C[C@H](OC)[C@@]3(C)C(=O)[C@H](OC)C(=C1C)C2(C)C)[C@@H](NC(=O)OC(C)(C)C)c1ccccc1)C(=O)C(C)C. The van der Waals surface area contributed by atoms with Crippen LogP contribution in [0.2, 0.25) is 0 Å². The molecule has 4 aliphatic rings. The van der Waals surface area contributed by atoms with Gasteiger partial charge in [0.25, 0.3) is 0 Å². The van der Waals surface area contributed by atoms with Crippen molar-refractivity contribution >= 4 is 65.1 Å². The van der Waals surface area contributed by atoms with Gasteiger partial charge in [-0.25, -0.2) is 14.4 Å². The highest BCUT2D eigenvalue weighted by molar-refractivity contribution is 8.00. The first-order valence-electron chi connectivity index (χ1n) is 28.2. The van der Waals surface area contributed by atoms with Gasteiger partial charge in [-0.15, -0.1) is 11.8 Å². The number of esters is 4. The van der Waals surface area contributed by atoms with Gasteiger partial charge in [-0.1, -0.05) is 76.2 Å². The number of methoxy groups -OCH3 is 3. The van der Waals surface area contributed by atoms with Crippen LogP contribution in [0.5, 0.6) is 0 Å². The van der Waals surface area contributed by atoms with E-state index in [1.165, 1.54) is 40.4 Å². The Morgan fingerprint density at radius 1 is 0.857 bits per heavy atom. The molecule has 462 valence electrons. The van der Waals surface area contributed by atoms with Gasteiger partial charge in [-0.3, -0.25) is 28.8 Å². The molecule has 0 radical (unpaired) electrons. The molecule has 6 rings (SSSR count). The molecule has 1 aliphatic heterocycles. The molecule has 0 aromatic heterocycles. The highest BCUT2D eigenvalue weighted by Crippen LogP contribution is 2.65. The summed E-state index contributed by atoms with van der Waals surface area (Å²) in [7, 11) is 4.13. The zero-order valence-electron chi connectivity index (χ0n) is 50.3. The summed E-state index contributed by atoms with van der Waals surface area (Å²) in [4.78, 5) is 126.